The molecule has 1 aliphatic heterocycles. The minimum Gasteiger partial charge on any atom is -0.383 e. The van der Waals surface area contributed by atoms with Crippen molar-refractivity contribution in [2.24, 2.45) is 0 Å². The molecule has 1 aliphatic rings. The molecule has 0 saturated heterocycles. The van der Waals surface area contributed by atoms with Crippen molar-refractivity contribution in [1.29, 1.82) is 0 Å². The van der Waals surface area contributed by atoms with Crippen molar-refractivity contribution in [3.63, 3.8) is 0 Å². The summed E-state index contributed by atoms with van der Waals surface area (Å²) >= 11 is 3.49. The maximum absolute atomic E-state index is 13.0. The Morgan fingerprint density at radius 1 is 1.24 bits per heavy atom. The highest BCUT2D eigenvalue weighted by Crippen LogP contribution is 2.30. The Morgan fingerprint density at radius 2 is 2.05 bits per heavy atom. The van der Waals surface area contributed by atoms with E-state index in [1.165, 1.54) is 0 Å². The van der Waals surface area contributed by atoms with Gasteiger partial charge in [-0.05, 0) is 53.5 Å². The molecule has 0 spiro atoms. The van der Waals surface area contributed by atoms with Crippen LogP contribution in [0.4, 0.5) is 11.4 Å². The summed E-state index contributed by atoms with van der Waals surface area (Å²) < 4.78 is 0.841. The molecule has 108 valence electrons. The predicted molar refractivity (Wildman–Crippen MR) is 90.1 cm³/mol. The van der Waals surface area contributed by atoms with Crippen LogP contribution in [0.5, 0.6) is 0 Å². The molecular weight excluding hydrogens is 328 g/mol. The molecule has 0 aliphatic carbocycles. The van der Waals surface area contributed by atoms with Crippen LogP contribution in [0, 0.1) is 6.92 Å². The first-order chi connectivity index (χ1) is 10.2. The molecule has 1 heterocycles. The predicted octanol–water partition coefficient (Wildman–Crippen LogP) is 4.22. The number of anilines is 2. The number of nitrogens with zero attached hydrogens (tertiary/aromatic N) is 1. The Hall–Kier alpha value is -1.81. The fourth-order valence-electron chi connectivity index (χ4n) is 2.60. The third-order valence-corrected chi connectivity index (χ3v) is 4.36. The molecule has 0 radical (unpaired) electrons. The number of carbonyl (C=O) groups excluding carboxylic acids is 1. The lowest BCUT2D eigenvalue weighted by molar-refractivity contribution is 0.0986. The van der Waals surface area contributed by atoms with E-state index < -0.39 is 0 Å². The van der Waals surface area contributed by atoms with Gasteiger partial charge in [-0.3, -0.25) is 4.79 Å². The van der Waals surface area contributed by atoms with Gasteiger partial charge in [0.2, 0.25) is 0 Å². The van der Waals surface area contributed by atoms with Gasteiger partial charge in [-0.1, -0.05) is 23.8 Å². The average molecular weight is 345 g/mol. The minimum absolute atomic E-state index is 0.0433. The van der Waals surface area contributed by atoms with Crippen LogP contribution in [0.1, 0.15) is 22.3 Å². The van der Waals surface area contributed by atoms with Gasteiger partial charge in [0, 0.05) is 17.6 Å². The summed E-state index contributed by atoms with van der Waals surface area (Å²) in [5.74, 6) is 0.0433. The normalized spacial score (nSPS) is 14.1. The van der Waals surface area contributed by atoms with E-state index in [1.807, 2.05) is 54.3 Å². The number of amides is 1. The summed E-state index contributed by atoms with van der Waals surface area (Å²) in [6, 6.07) is 13.8. The first-order valence-electron chi connectivity index (χ1n) is 7.08. The number of carbonyl (C=O) groups is 1. The number of fused-ring (bicyclic) bond motifs is 1. The van der Waals surface area contributed by atoms with Gasteiger partial charge in [0.25, 0.3) is 5.91 Å². The smallest absolute Gasteiger partial charge is 0.259 e. The second-order valence-corrected chi connectivity index (χ2v) is 6.09. The number of halogens is 1. The minimum atomic E-state index is 0.0433. The van der Waals surface area contributed by atoms with Crippen LogP contribution in [0.2, 0.25) is 0 Å². The van der Waals surface area contributed by atoms with Crippen molar-refractivity contribution in [1.82, 2.24) is 0 Å². The number of aryl methyl sites for hydroxylation is 1. The van der Waals surface area contributed by atoms with Crippen molar-refractivity contribution >= 4 is 33.2 Å². The third kappa shape index (κ3) is 2.81. The van der Waals surface area contributed by atoms with Crippen molar-refractivity contribution in [2.75, 3.05) is 23.3 Å². The van der Waals surface area contributed by atoms with Crippen LogP contribution in [0.25, 0.3) is 0 Å². The van der Waals surface area contributed by atoms with Crippen LogP contribution >= 0.6 is 15.9 Å². The molecular formula is C17H17BrN2O. The standard InChI is InChI=1S/C17H17BrN2O/c1-12-7-8-14(18)13(11-12)17(21)20-10-4-9-19-15-5-2-3-6-16(15)20/h2-3,5-8,11,19H,4,9-10H2,1H3. The lowest BCUT2D eigenvalue weighted by Crippen LogP contribution is -2.31. The number of rotatable bonds is 1. The van der Waals surface area contributed by atoms with Crippen LogP contribution in [0.3, 0.4) is 0 Å². The SMILES string of the molecule is Cc1ccc(Br)c(C(=O)N2CCCNc3ccccc32)c1. The molecule has 21 heavy (non-hydrogen) atoms. The van der Waals surface area contributed by atoms with Crippen molar-refractivity contribution in [3.05, 3.63) is 58.1 Å². The quantitative estimate of drug-likeness (QED) is 0.839. The highest BCUT2D eigenvalue weighted by atomic mass is 79.9. The van der Waals surface area contributed by atoms with E-state index >= 15 is 0 Å². The van der Waals surface area contributed by atoms with Crippen LogP contribution in [0.15, 0.2) is 46.9 Å². The molecule has 2 aromatic carbocycles. The highest BCUT2D eigenvalue weighted by Gasteiger charge is 2.23. The Morgan fingerprint density at radius 3 is 2.90 bits per heavy atom. The maximum Gasteiger partial charge on any atom is 0.259 e. The molecule has 0 aromatic heterocycles. The zero-order chi connectivity index (χ0) is 14.8. The van der Waals surface area contributed by atoms with E-state index in [1.54, 1.807) is 0 Å². The van der Waals surface area contributed by atoms with Gasteiger partial charge in [0.1, 0.15) is 0 Å². The summed E-state index contributed by atoms with van der Waals surface area (Å²) in [5.41, 5.74) is 3.77. The van der Waals surface area contributed by atoms with E-state index in [9.17, 15) is 4.79 Å². The molecule has 2 aromatic rings. The molecule has 0 fully saturated rings. The molecule has 0 saturated carbocycles. The maximum atomic E-state index is 13.0. The second-order valence-electron chi connectivity index (χ2n) is 5.24. The van der Waals surface area contributed by atoms with Gasteiger partial charge >= 0.3 is 0 Å². The fraction of sp³-hybridized carbons (Fsp3) is 0.235. The van der Waals surface area contributed by atoms with E-state index in [0.29, 0.717) is 5.56 Å². The number of para-hydroxylation sites is 2. The van der Waals surface area contributed by atoms with Crippen molar-refractivity contribution in [3.8, 4) is 0 Å². The first kappa shape index (κ1) is 14.1. The number of benzene rings is 2. The zero-order valence-electron chi connectivity index (χ0n) is 11.9. The zero-order valence-corrected chi connectivity index (χ0v) is 13.5. The van der Waals surface area contributed by atoms with E-state index in [-0.39, 0.29) is 5.91 Å². The van der Waals surface area contributed by atoms with Crippen LogP contribution < -0.4 is 10.2 Å². The summed E-state index contributed by atoms with van der Waals surface area (Å²) in [7, 11) is 0. The van der Waals surface area contributed by atoms with Gasteiger partial charge in [-0.2, -0.15) is 0 Å². The van der Waals surface area contributed by atoms with E-state index in [4.69, 9.17) is 0 Å². The number of nitrogens with one attached hydrogen (secondary N) is 1. The number of hydrogen-bond donors (Lipinski definition) is 1. The molecule has 0 atom stereocenters. The Kier molecular flexibility index (Phi) is 3.97. The summed E-state index contributed by atoms with van der Waals surface area (Å²) in [6.45, 7) is 3.61. The molecule has 1 N–H and O–H groups in total. The van der Waals surface area contributed by atoms with Crippen LogP contribution in [-0.4, -0.2) is 19.0 Å². The van der Waals surface area contributed by atoms with Crippen LogP contribution in [-0.2, 0) is 0 Å². The molecule has 3 rings (SSSR count). The molecule has 0 unspecified atom stereocenters. The highest BCUT2D eigenvalue weighted by molar-refractivity contribution is 9.10. The second kappa shape index (κ2) is 5.90. The third-order valence-electron chi connectivity index (χ3n) is 3.67. The lowest BCUT2D eigenvalue weighted by Gasteiger charge is -2.23. The van der Waals surface area contributed by atoms with Gasteiger partial charge in [0.05, 0.1) is 16.9 Å². The Bertz CT molecular complexity index is 684. The Balaban J connectivity index is 2.03. The largest absolute Gasteiger partial charge is 0.383 e. The fourth-order valence-corrected chi connectivity index (χ4v) is 3.01. The van der Waals surface area contributed by atoms with E-state index in [2.05, 4.69) is 21.2 Å². The van der Waals surface area contributed by atoms with Crippen molar-refractivity contribution < 1.29 is 4.79 Å². The lowest BCUT2D eigenvalue weighted by atomic mass is 10.1. The topological polar surface area (TPSA) is 32.3 Å². The molecule has 1 amide bonds. The molecule has 3 nitrogen and oxygen atoms in total. The number of hydrogen-bond acceptors (Lipinski definition) is 2. The van der Waals surface area contributed by atoms with Crippen molar-refractivity contribution in [2.45, 2.75) is 13.3 Å². The average Bonchev–Trinajstić information content (AvgIpc) is 2.71. The summed E-state index contributed by atoms with van der Waals surface area (Å²) in [6.07, 6.45) is 0.934. The van der Waals surface area contributed by atoms with Gasteiger partial charge in [0.15, 0.2) is 0 Å². The monoisotopic (exact) mass is 344 g/mol. The summed E-state index contributed by atoms with van der Waals surface area (Å²) in [4.78, 5) is 14.8. The van der Waals surface area contributed by atoms with Gasteiger partial charge in [-0.15, -0.1) is 0 Å². The first-order valence-corrected chi connectivity index (χ1v) is 7.87. The van der Waals surface area contributed by atoms with Gasteiger partial charge in [-0.25, -0.2) is 0 Å². The molecule has 4 heteroatoms. The van der Waals surface area contributed by atoms with Gasteiger partial charge < -0.3 is 10.2 Å². The molecule has 0 bridgehead atoms. The van der Waals surface area contributed by atoms with E-state index in [0.717, 1.165) is 40.9 Å². The Labute approximate surface area is 133 Å². The summed E-state index contributed by atoms with van der Waals surface area (Å²) in [5, 5.41) is 3.38.